The minimum Gasteiger partial charge on any atom is -0.480 e. The average Bonchev–Trinajstić information content (AvgIpc) is 2.70. The van der Waals surface area contributed by atoms with Crippen LogP contribution in [0.25, 0.3) is 0 Å². The van der Waals surface area contributed by atoms with E-state index in [-0.39, 0.29) is 12.8 Å². The van der Waals surface area contributed by atoms with Gasteiger partial charge in [-0.25, -0.2) is 4.79 Å². The smallest absolute Gasteiger partial charge is 0.328 e. The zero-order valence-corrected chi connectivity index (χ0v) is 20.0. The number of primary amides is 1. The Balaban J connectivity index is 5.41. The number of aliphatic carboxylic acids is 1. The van der Waals surface area contributed by atoms with E-state index in [1.54, 1.807) is 6.26 Å². The summed E-state index contributed by atoms with van der Waals surface area (Å²) in [5.74, 6) is -3.38. The first kappa shape index (κ1) is 30.0. The highest BCUT2D eigenvalue weighted by atomic mass is 32.2. The molecule has 4 amide bonds. The lowest BCUT2D eigenvalue weighted by atomic mass is 10.1. The molecule has 5 unspecified atom stereocenters. The second kappa shape index (κ2) is 15.7. The van der Waals surface area contributed by atoms with Gasteiger partial charge in [0, 0.05) is 0 Å². The number of hydrogen-bond donors (Lipinski definition) is 7. The average molecular weight is 496 g/mol. The van der Waals surface area contributed by atoms with E-state index in [0.29, 0.717) is 11.5 Å². The van der Waals surface area contributed by atoms with Crippen molar-refractivity contribution in [3.63, 3.8) is 0 Å². The van der Waals surface area contributed by atoms with Crippen LogP contribution >= 0.6 is 23.5 Å². The third-order valence-corrected chi connectivity index (χ3v) is 5.58. The molecule has 0 aromatic heterocycles. The number of rotatable bonds is 16. The van der Waals surface area contributed by atoms with Crippen LogP contribution in [0.3, 0.4) is 0 Å². The number of carboxylic acid groups (broad SMARTS) is 1. The number of aliphatic hydroxyl groups excluding tert-OH is 1. The summed E-state index contributed by atoms with van der Waals surface area (Å²) in [5, 5.41) is 26.0. The van der Waals surface area contributed by atoms with E-state index in [4.69, 9.17) is 11.5 Å². The van der Waals surface area contributed by atoms with Crippen LogP contribution in [0.2, 0.25) is 0 Å². The summed E-state index contributed by atoms with van der Waals surface area (Å²) < 4.78 is 0. The van der Waals surface area contributed by atoms with Crippen molar-refractivity contribution < 1.29 is 34.2 Å². The van der Waals surface area contributed by atoms with Gasteiger partial charge in [-0.1, -0.05) is 0 Å². The van der Waals surface area contributed by atoms with Crippen molar-refractivity contribution in [1.29, 1.82) is 0 Å². The summed E-state index contributed by atoms with van der Waals surface area (Å²) in [7, 11) is 0. The summed E-state index contributed by atoms with van der Waals surface area (Å²) in [4.78, 5) is 59.9. The fraction of sp³-hybridized carbons (Fsp3) is 0.722. The molecule has 0 saturated carbocycles. The van der Waals surface area contributed by atoms with E-state index in [1.165, 1.54) is 30.4 Å². The molecule has 9 N–H and O–H groups in total. The first-order valence-electron chi connectivity index (χ1n) is 9.78. The highest BCUT2D eigenvalue weighted by Gasteiger charge is 2.31. The van der Waals surface area contributed by atoms with Gasteiger partial charge >= 0.3 is 5.97 Å². The van der Waals surface area contributed by atoms with Crippen LogP contribution in [0.4, 0.5) is 0 Å². The number of hydrogen-bond acceptors (Lipinski definition) is 9. The lowest BCUT2D eigenvalue weighted by Crippen LogP contribution is -2.58. The molecule has 0 aromatic rings. The molecule has 0 aliphatic carbocycles. The molecule has 0 aliphatic rings. The van der Waals surface area contributed by atoms with E-state index >= 15 is 0 Å². The van der Waals surface area contributed by atoms with Crippen molar-refractivity contribution in [3.05, 3.63) is 0 Å². The molecule has 0 bridgehead atoms. The van der Waals surface area contributed by atoms with Crippen LogP contribution in [0, 0.1) is 0 Å². The molecule has 12 nitrogen and oxygen atoms in total. The van der Waals surface area contributed by atoms with E-state index in [0.717, 1.165) is 0 Å². The monoisotopic (exact) mass is 495 g/mol. The van der Waals surface area contributed by atoms with Crippen molar-refractivity contribution in [1.82, 2.24) is 16.0 Å². The van der Waals surface area contributed by atoms with Crippen LogP contribution in [-0.2, 0) is 24.0 Å². The lowest BCUT2D eigenvalue weighted by molar-refractivity contribution is -0.145. The fourth-order valence-electron chi connectivity index (χ4n) is 2.51. The first-order chi connectivity index (χ1) is 14.9. The Morgan fingerprint density at radius 3 is 1.69 bits per heavy atom. The van der Waals surface area contributed by atoms with Gasteiger partial charge in [0.15, 0.2) is 6.04 Å². The van der Waals surface area contributed by atoms with Crippen LogP contribution in [0.15, 0.2) is 0 Å². The topological polar surface area (TPSA) is 214 Å². The molecule has 0 aliphatic heterocycles. The molecule has 0 radical (unpaired) electrons. The quantitative estimate of drug-likeness (QED) is 0.121. The molecule has 14 heteroatoms. The Bertz CT molecular complexity index is 666. The minimum absolute atomic E-state index is 0.190. The van der Waals surface area contributed by atoms with E-state index in [9.17, 15) is 34.2 Å². The molecule has 0 fully saturated rings. The maximum Gasteiger partial charge on any atom is 0.328 e. The molecule has 5 atom stereocenters. The SMILES string of the molecule is CSCCC(NC(=O)C(N)CC(N)=O)C(=O)NC(CCSC)C(=O)NC(C(=O)O)C(C)O. The zero-order chi connectivity index (χ0) is 24.8. The summed E-state index contributed by atoms with van der Waals surface area (Å²) in [6.45, 7) is 1.22. The Labute approximate surface area is 195 Å². The second-order valence-corrected chi connectivity index (χ2v) is 9.00. The molecule has 0 aromatic carbocycles. The van der Waals surface area contributed by atoms with Gasteiger partial charge in [-0.3, -0.25) is 19.2 Å². The third kappa shape index (κ3) is 11.5. The van der Waals surface area contributed by atoms with Gasteiger partial charge in [0.1, 0.15) is 12.1 Å². The number of thioether (sulfide) groups is 2. The Hall–Kier alpha value is -2.03. The number of nitrogens with two attached hydrogens (primary N) is 2. The van der Waals surface area contributed by atoms with Crippen molar-refractivity contribution in [2.45, 2.75) is 56.5 Å². The van der Waals surface area contributed by atoms with Crippen LogP contribution in [0.5, 0.6) is 0 Å². The fourth-order valence-corrected chi connectivity index (χ4v) is 3.45. The zero-order valence-electron chi connectivity index (χ0n) is 18.3. The molecule has 0 rings (SSSR count). The highest BCUT2D eigenvalue weighted by molar-refractivity contribution is 7.98. The summed E-state index contributed by atoms with van der Waals surface area (Å²) >= 11 is 2.85. The molecule has 32 heavy (non-hydrogen) atoms. The predicted molar refractivity (Wildman–Crippen MR) is 123 cm³/mol. The maximum atomic E-state index is 12.8. The van der Waals surface area contributed by atoms with E-state index < -0.39 is 66.3 Å². The Morgan fingerprint density at radius 1 is 0.875 bits per heavy atom. The van der Waals surface area contributed by atoms with Gasteiger partial charge in [0.2, 0.25) is 23.6 Å². The van der Waals surface area contributed by atoms with Gasteiger partial charge in [-0.2, -0.15) is 23.5 Å². The van der Waals surface area contributed by atoms with Gasteiger partial charge < -0.3 is 37.6 Å². The molecular weight excluding hydrogens is 462 g/mol. The summed E-state index contributed by atoms with van der Waals surface area (Å²) in [6.07, 6.45) is 2.28. The number of amides is 4. The number of carbonyl (C=O) groups is 5. The van der Waals surface area contributed by atoms with Crippen molar-refractivity contribution in [2.24, 2.45) is 11.5 Å². The highest BCUT2D eigenvalue weighted by Crippen LogP contribution is 2.06. The number of nitrogens with one attached hydrogen (secondary N) is 3. The largest absolute Gasteiger partial charge is 0.480 e. The first-order valence-corrected chi connectivity index (χ1v) is 12.6. The van der Waals surface area contributed by atoms with Crippen molar-refractivity contribution >= 4 is 53.1 Å². The number of carboxylic acids is 1. The Kier molecular flexibility index (Phi) is 14.7. The second-order valence-electron chi connectivity index (χ2n) is 7.03. The lowest BCUT2D eigenvalue weighted by Gasteiger charge is -2.25. The van der Waals surface area contributed by atoms with Gasteiger partial charge in [-0.05, 0) is 43.8 Å². The van der Waals surface area contributed by atoms with Gasteiger partial charge in [0.05, 0.1) is 18.6 Å². The minimum atomic E-state index is -1.55. The van der Waals surface area contributed by atoms with Crippen LogP contribution in [0.1, 0.15) is 26.2 Å². The molecule has 0 heterocycles. The molecule has 0 saturated heterocycles. The van der Waals surface area contributed by atoms with Gasteiger partial charge in [-0.15, -0.1) is 0 Å². The third-order valence-electron chi connectivity index (χ3n) is 4.29. The van der Waals surface area contributed by atoms with Crippen LogP contribution in [-0.4, -0.2) is 94.1 Å². The molecular formula is C18H33N5O7S2. The molecule has 0 spiro atoms. The van der Waals surface area contributed by atoms with Crippen molar-refractivity contribution in [3.8, 4) is 0 Å². The predicted octanol–water partition coefficient (Wildman–Crippen LogP) is -2.38. The number of aliphatic hydroxyl groups is 1. The van der Waals surface area contributed by atoms with Crippen LogP contribution < -0.4 is 27.4 Å². The summed E-state index contributed by atoms with van der Waals surface area (Å²) in [6, 6.07) is -4.90. The normalized spacial score (nSPS) is 15.5. The van der Waals surface area contributed by atoms with Gasteiger partial charge in [0.25, 0.3) is 0 Å². The van der Waals surface area contributed by atoms with E-state index in [2.05, 4.69) is 16.0 Å². The Morgan fingerprint density at radius 2 is 1.31 bits per heavy atom. The standard InChI is InChI=1S/C18H33N5O7S2/c1-9(24)14(18(29)30)23-17(28)12(5-7-32-3)22-16(27)11(4-6-31-2)21-15(26)10(19)8-13(20)25/h9-12,14,24H,4-8,19H2,1-3H3,(H2,20,25)(H,21,26)(H,22,27)(H,23,28)(H,29,30). The van der Waals surface area contributed by atoms with E-state index in [1.807, 2.05) is 6.26 Å². The van der Waals surface area contributed by atoms with Crippen molar-refractivity contribution in [2.75, 3.05) is 24.0 Å². The molecule has 184 valence electrons. The number of carbonyl (C=O) groups excluding carboxylic acids is 4. The summed E-state index contributed by atoms with van der Waals surface area (Å²) in [5.41, 5.74) is 10.7. The maximum absolute atomic E-state index is 12.8.